The molecule has 0 spiro atoms. The molecule has 1 aliphatic carbocycles. The van der Waals surface area contributed by atoms with E-state index in [1.165, 1.54) is 0 Å². The number of halogens is 1. The lowest BCUT2D eigenvalue weighted by Gasteiger charge is -2.28. The number of para-hydroxylation sites is 1. The molecule has 2 aromatic rings. The predicted molar refractivity (Wildman–Crippen MR) is 81.6 cm³/mol. The van der Waals surface area contributed by atoms with E-state index in [-0.39, 0.29) is 18.0 Å². The van der Waals surface area contributed by atoms with Gasteiger partial charge in [-0.25, -0.2) is 0 Å². The Labute approximate surface area is 125 Å². The van der Waals surface area contributed by atoms with Gasteiger partial charge >= 0.3 is 0 Å². The average Bonchev–Trinajstić information content (AvgIpc) is 2.87. The summed E-state index contributed by atoms with van der Waals surface area (Å²) in [5.41, 5.74) is 6.75. The molecule has 2 unspecified atom stereocenters. The minimum Gasteiger partial charge on any atom is -0.450 e. The molecule has 1 aromatic heterocycles. The zero-order valence-electron chi connectivity index (χ0n) is 11.1. The summed E-state index contributed by atoms with van der Waals surface area (Å²) in [6, 6.07) is 7.60. The van der Waals surface area contributed by atoms with Crippen LogP contribution in [0, 0.1) is 0 Å². The third-order valence-corrected chi connectivity index (χ3v) is 4.48. The molecule has 0 aliphatic heterocycles. The molecule has 1 fully saturated rings. The lowest BCUT2D eigenvalue weighted by Crippen LogP contribution is -2.49. The lowest BCUT2D eigenvalue weighted by atomic mass is 9.91. The van der Waals surface area contributed by atoms with E-state index in [9.17, 15) is 4.79 Å². The van der Waals surface area contributed by atoms with Crippen LogP contribution in [0.5, 0.6) is 0 Å². The quantitative estimate of drug-likeness (QED) is 0.884. The van der Waals surface area contributed by atoms with Crippen molar-refractivity contribution < 1.29 is 9.21 Å². The maximum Gasteiger partial charge on any atom is 0.287 e. The van der Waals surface area contributed by atoms with Gasteiger partial charge in [0.05, 0.1) is 4.47 Å². The van der Waals surface area contributed by atoms with Crippen molar-refractivity contribution in [2.75, 3.05) is 0 Å². The molecular weight excluding hydrogens is 320 g/mol. The van der Waals surface area contributed by atoms with Gasteiger partial charge in [-0.15, -0.1) is 0 Å². The summed E-state index contributed by atoms with van der Waals surface area (Å²) in [5.74, 6) is 0.153. The van der Waals surface area contributed by atoms with E-state index in [1.54, 1.807) is 6.07 Å². The fraction of sp³-hybridized carbons (Fsp3) is 0.400. The molecule has 1 amide bonds. The summed E-state index contributed by atoms with van der Waals surface area (Å²) in [6.45, 7) is 0. The minimum absolute atomic E-state index is 0.0452. The van der Waals surface area contributed by atoms with Gasteiger partial charge in [-0.1, -0.05) is 25.0 Å². The fourth-order valence-electron chi connectivity index (χ4n) is 2.72. The lowest BCUT2D eigenvalue weighted by molar-refractivity contribution is 0.0895. The van der Waals surface area contributed by atoms with Gasteiger partial charge in [-0.05, 0) is 40.9 Å². The summed E-state index contributed by atoms with van der Waals surface area (Å²) in [6.07, 6.45) is 4.17. The predicted octanol–water partition coefficient (Wildman–Crippen LogP) is 3.20. The van der Waals surface area contributed by atoms with Crippen molar-refractivity contribution >= 4 is 32.8 Å². The van der Waals surface area contributed by atoms with Gasteiger partial charge in [0.25, 0.3) is 5.91 Å². The van der Waals surface area contributed by atoms with E-state index in [2.05, 4.69) is 21.2 Å². The average molecular weight is 337 g/mol. The molecule has 20 heavy (non-hydrogen) atoms. The number of hydrogen-bond acceptors (Lipinski definition) is 3. The largest absolute Gasteiger partial charge is 0.450 e. The smallest absolute Gasteiger partial charge is 0.287 e. The third kappa shape index (κ3) is 2.60. The highest BCUT2D eigenvalue weighted by atomic mass is 79.9. The zero-order valence-corrected chi connectivity index (χ0v) is 12.7. The Bertz CT molecular complexity index is 638. The van der Waals surface area contributed by atoms with Crippen LogP contribution in [0.1, 0.15) is 36.2 Å². The van der Waals surface area contributed by atoms with Crippen LogP contribution >= 0.6 is 15.9 Å². The summed E-state index contributed by atoms with van der Waals surface area (Å²) < 4.78 is 6.49. The van der Waals surface area contributed by atoms with Gasteiger partial charge in [-0.3, -0.25) is 4.79 Å². The first-order valence-corrected chi connectivity index (χ1v) is 7.69. The van der Waals surface area contributed by atoms with E-state index in [4.69, 9.17) is 10.2 Å². The van der Waals surface area contributed by atoms with Crippen LogP contribution in [0.3, 0.4) is 0 Å². The first-order valence-electron chi connectivity index (χ1n) is 6.89. The second-order valence-corrected chi connectivity index (χ2v) is 6.15. The number of furan rings is 1. The minimum atomic E-state index is -0.185. The molecule has 0 radical (unpaired) electrons. The molecule has 3 rings (SSSR count). The molecule has 3 N–H and O–H groups in total. The number of hydrogen-bond donors (Lipinski definition) is 2. The molecular formula is C15H17BrN2O2. The Hall–Kier alpha value is -1.33. The Balaban J connectivity index is 1.80. The van der Waals surface area contributed by atoms with E-state index in [1.807, 2.05) is 18.2 Å². The Morgan fingerprint density at radius 1 is 1.35 bits per heavy atom. The Morgan fingerprint density at radius 2 is 2.15 bits per heavy atom. The molecule has 1 saturated carbocycles. The van der Waals surface area contributed by atoms with Crippen molar-refractivity contribution in [1.29, 1.82) is 0 Å². The first-order chi connectivity index (χ1) is 9.65. The summed E-state index contributed by atoms with van der Waals surface area (Å²) in [5, 5.41) is 3.91. The number of fused-ring (bicyclic) bond motifs is 1. The van der Waals surface area contributed by atoms with Crippen molar-refractivity contribution in [3.05, 3.63) is 34.5 Å². The summed E-state index contributed by atoms with van der Waals surface area (Å²) in [7, 11) is 0. The number of carbonyl (C=O) groups is 1. The van der Waals surface area contributed by atoms with Crippen LogP contribution in [-0.4, -0.2) is 18.0 Å². The highest BCUT2D eigenvalue weighted by Gasteiger charge is 2.25. The van der Waals surface area contributed by atoms with Crippen molar-refractivity contribution in [2.45, 2.75) is 37.8 Å². The Kier molecular flexibility index (Phi) is 3.81. The van der Waals surface area contributed by atoms with E-state index in [0.29, 0.717) is 11.3 Å². The molecule has 0 bridgehead atoms. The van der Waals surface area contributed by atoms with Crippen molar-refractivity contribution in [3.63, 3.8) is 0 Å². The third-order valence-electron chi connectivity index (χ3n) is 3.86. The normalized spacial score (nSPS) is 22.9. The molecule has 5 heteroatoms. The summed E-state index contributed by atoms with van der Waals surface area (Å²) >= 11 is 3.42. The standard InChI is InChI=1S/C15H17BrN2O2/c16-10-5-3-4-9-8-13(20-14(9)10)15(19)18-12-7-2-1-6-11(12)17/h3-5,8,11-12H,1-2,6-7,17H2,(H,18,19). The molecule has 0 saturated heterocycles. The maximum atomic E-state index is 12.3. The van der Waals surface area contributed by atoms with Gasteiger partial charge in [-0.2, -0.15) is 0 Å². The number of rotatable bonds is 2. The second kappa shape index (κ2) is 5.58. The van der Waals surface area contributed by atoms with Crippen LogP contribution in [0.15, 0.2) is 33.2 Å². The molecule has 1 heterocycles. The van der Waals surface area contributed by atoms with E-state index >= 15 is 0 Å². The van der Waals surface area contributed by atoms with Gasteiger partial charge in [0.2, 0.25) is 0 Å². The SMILES string of the molecule is NC1CCCCC1NC(=O)c1cc2cccc(Br)c2o1. The fourth-order valence-corrected chi connectivity index (χ4v) is 3.18. The molecule has 1 aliphatic rings. The molecule has 1 aromatic carbocycles. The van der Waals surface area contributed by atoms with Gasteiger partial charge in [0.1, 0.15) is 5.58 Å². The topological polar surface area (TPSA) is 68.3 Å². The Morgan fingerprint density at radius 3 is 2.90 bits per heavy atom. The molecule has 4 nitrogen and oxygen atoms in total. The molecule has 2 atom stereocenters. The maximum absolute atomic E-state index is 12.3. The van der Waals surface area contributed by atoms with Crippen molar-refractivity contribution in [3.8, 4) is 0 Å². The van der Waals surface area contributed by atoms with Crippen LogP contribution in [-0.2, 0) is 0 Å². The second-order valence-electron chi connectivity index (χ2n) is 5.30. The number of benzene rings is 1. The highest BCUT2D eigenvalue weighted by Crippen LogP contribution is 2.27. The summed E-state index contributed by atoms with van der Waals surface area (Å²) in [4.78, 5) is 12.3. The number of amides is 1. The van der Waals surface area contributed by atoms with Gasteiger partial charge < -0.3 is 15.5 Å². The first kappa shape index (κ1) is 13.6. The van der Waals surface area contributed by atoms with Crippen LogP contribution in [0.25, 0.3) is 11.0 Å². The van der Waals surface area contributed by atoms with E-state index in [0.717, 1.165) is 35.5 Å². The van der Waals surface area contributed by atoms with Crippen LogP contribution in [0.2, 0.25) is 0 Å². The number of carbonyl (C=O) groups excluding carboxylic acids is 1. The van der Waals surface area contributed by atoms with Gasteiger partial charge in [0.15, 0.2) is 5.76 Å². The van der Waals surface area contributed by atoms with E-state index < -0.39 is 0 Å². The van der Waals surface area contributed by atoms with Crippen molar-refractivity contribution in [1.82, 2.24) is 5.32 Å². The van der Waals surface area contributed by atoms with Gasteiger partial charge in [0, 0.05) is 17.5 Å². The number of nitrogens with one attached hydrogen (secondary N) is 1. The highest BCUT2D eigenvalue weighted by molar-refractivity contribution is 9.10. The van der Waals surface area contributed by atoms with Crippen LogP contribution in [0.4, 0.5) is 0 Å². The number of nitrogens with two attached hydrogens (primary N) is 1. The van der Waals surface area contributed by atoms with Crippen LogP contribution < -0.4 is 11.1 Å². The van der Waals surface area contributed by atoms with Crippen molar-refractivity contribution in [2.24, 2.45) is 5.73 Å². The monoisotopic (exact) mass is 336 g/mol. The zero-order chi connectivity index (χ0) is 14.1. The molecule has 106 valence electrons.